The number of hydrogen-bond donors (Lipinski definition) is 4. The number of likely N-dealkylation sites (N-methyl/N-ethyl adjacent to an activating group) is 1. The van der Waals surface area contributed by atoms with Crippen molar-refractivity contribution in [3.63, 3.8) is 0 Å². The first-order valence-electron chi connectivity index (χ1n) is 14.0. The number of nitrogen functional groups attached to an aromatic ring is 2. The van der Waals surface area contributed by atoms with Gasteiger partial charge < -0.3 is 26.7 Å². The number of rotatable bonds is 7. The van der Waals surface area contributed by atoms with Gasteiger partial charge in [-0.3, -0.25) is 4.98 Å². The molecule has 0 radical (unpaired) electrons. The first kappa shape index (κ1) is 28.9. The van der Waals surface area contributed by atoms with Gasteiger partial charge in [0.1, 0.15) is 12.0 Å². The number of benzene rings is 3. The summed E-state index contributed by atoms with van der Waals surface area (Å²) in [5.74, 6) is 0. The van der Waals surface area contributed by atoms with E-state index in [1.54, 1.807) is 30.5 Å². The number of fused-ring (bicyclic) bond motifs is 3. The minimum absolute atomic E-state index is 0.0858. The molecule has 11 heteroatoms. The second-order valence-corrected chi connectivity index (χ2v) is 11.1. The number of hydrogen-bond acceptors (Lipinski definition) is 7. The fourth-order valence-electron chi connectivity index (χ4n) is 5.46. The summed E-state index contributed by atoms with van der Waals surface area (Å²) >= 11 is 0. The minimum Gasteiger partial charge on any atom is -0.399 e. The van der Waals surface area contributed by atoms with Gasteiger partial charge in [-0.2, -0.15) is 13.2 Å². The van der Waals surface area contributed by atoms with E-state index in [1.807, 2.05) is 50.2 Å². The topological polar surface area (TPSA) is 122 Å². The zero-order chi connectivity index (χ0) is 31.2. The molecule has 0 spiro atoms. The SMILES string of the molecule is Cc1ncc(Nc2c(C(F)(F)F)cc(-c3ccc(N)cc3)c(N)c2CCN(C)C)cc1-c1ccc2c(c1)[nH]c1ncncc12. The lowest BCUT2D eigenvalue weighted by molar-refractivity contribution is -0.136. The van der Waals surface area contributed by atoms with E-state index < -0.39 is 11.7 Å². The highest BCUT2D eigenvalue weighted by Crippen LogP contribution is 2.45. The molecule has 0 aliphatic rings. The summed E-state index contributed by atoms with van der Waals surface area (Å²) in [6.45, 7) is 2.36. The first-order valence-corrected chi connectivity index (χ1v) is 14.0. The Morgan fingerprint density at radius 1 is 0.886 bits per heavy atom. The van der Waals surface area contributed by atoms with Crippen LogP contribution in [0.1, 0.15) is 16.8 Å². The normalized spacial score (nSPS) is 12.0. The second kappa shape index (κ2) is 11.2. The maximum Gasteiger partial charge on any atom is 0.418 e. The number of nitrogens with one attached hydrogen (secondary N) is 2. The minimum atomic E-state index is -4.66. The van der Waals surface area contributed by atoms with Gasteiger partial charge in [0.15, 0.2) is 0 Å². The predicted octanol–water partition coefficient (Wildman–Crippen LogP) is 7.18. The zero-order valence-corrected chi connectivity index (χ0v) is 24.4. The van der Waals surface area contributed by atoms with Crippen LogP contribution in [-0.2, 0) is 12.6 Å². The Bertz CT molecular complexity index is 2000. The summed E-state index contributed by atoms with van der Waals surface area (Å²) in [6.07, 6.45) is 0.415. The Balaban J connectivity index is 1.47. The van der Waals surface area contributed by atoms with Gasteiger partial charge in [-0.15, -0.1) is 0 Å². The summed E-state index contributed by atoms with van der Waals surface area (Å²) in [4.78, 5) is 18.2. The van der Waals surface area contributed by atoms with Crippen molar-refractivity contribution >= 4 is 44.7 Å². The van der Waals surface area contributed by atoms with Crippen molar-refractivity contribution in [2.45, 2.75) is 19.5 Å². The van der Waals surface area contributed by atoms with Crippen molar-refractivity contribution in [2.75, 3.05) is 37.4 Å². The first-order chi connectivity index (χ1) is 21.0. The van der Waals surface area contributed by atoms with E-state index in [2.05, 4.69) is 25.3 Å². The smallest absolute Gasteiger partial charge is 0.399 e. The van der Waals surface area contributed by atoms with E-state index in [9.17, 15) is 13.2 Å². The zero-order valence-electron chi connectivity index (χ0n) is 24.4. The summed E-state index contributed by atoms with van der Waals surface area (Å²) < 4.78 is 44.2. The van der Waals surface area contributed by atoms with Crippen molar-refractivity contribution < 1.29 is 13.2 Å². The standard InChI is InChI=1S/C33H31F3N8/c1-18-25(20-6-9-23-27-16-39-17-41-32(27)43-29(23)12-20)13-22(15-40-18)42-31-24(10-11-44(2)3)30(38)26(14-28(31)33(34,35)36)19-4-7-21(37)8-5-19/h4-9,12-17,42H,10-11,37-38H2,1-3H3,(H,39,41,43). The van der Waals surface area contributed by atoms with Crippen LogP contribution >= 0.6 is 0 Å². The molecule has 0 bridgehead atoms. The molecule has 0 atom stereocenters. The lowest BCUT2D eigenvalue weighted by Gasteiger charge is -2.24. The van der Waals surface area contributed by atoms with Gasteiger partial charge in [0.25, 0.3) is 0 Å². The van der Waals surface area contributed by atoms with Gasteiger partial charge in [0, 0.05) is 62.8 Å². The monoisotopic (exact) mass is 596 g/mol. The van der Waals surface area contributed by atoms with Crippen molar-refractivity contribution in [1.29, 1.82) is 0 Å². The molecule has 6 N–H and O–H groups in total. The summed E-state index contributed by atoms with van der Waals surface area (Å²) in [6, 6.07) is 15.5. The molecule has 0 aliphatic heterocycles. The fraction of sp³-hybridized carbons (Fsp3) is 0.182. The summed E-state index contributed by atoms with van der Waals surface area (Å²) in [5.41, 5.74) is 18.0. The van der Waals surface area contributed by atoms with Crippen LogP contribution in [0.15, 0.2) is 73.3 Å². The van der Waals surface area contributed by atoms with Crippen molar-refractivity contribution in [1.82, 2.24) is 24.8 Å². The van der Waals surface area contributed by atoms with Crippen LogP contribution in [0.5, 0.6) is 0 Å². The number of nitrogens with zero attached hydrogens (tertiary/aromatic N) is 4. The van der Waals surface area contributed by atoms with Crippen LogP contribution in [-0.4, -0.2) is 45.5 Å². The number of halogens is 3. The lowest BCUT2D eigenvalue weighted by Crippen LogP contribution is -2.19. The van der Waals surface area contributed by atoms with Crippen LogP contribution in [0, 0.1) is 6.92 Å². The van der Waals surface area contributed by atoms with Crippen LogP contribution in [0.25, 0.3) is 44.2 Å². The van der Waals surface area contributed by atoms with E-state index in [0.717, 1.165) is 44.8 Å². The van der Waals surface area contributed by atoms with E-state index >= 15 is 0 Å². The Labute approximate surface area is 252 Å². The highest BCUT2D eigenvalue weighted by molar-refractivity contribution is 6.06. The van der Waals surface area contributed by atoms with E-state index in [4.69, 9.17) is 11.5 Å². The number of nitrogens with two attached hydrogens (primary N) is 2. The third-order valence-corrected chi connectivity index (χ3v) is 7.75. The molecule has 44 heavy (non-hydrogen) atoms. The molecule has 0 aliphatic carbocycles. The predicted molar refractivity (Wildman–Crippen MR) is 171 cm³/mol. The Kier molecular flexibility index (Phi) is 7.34. The van der Waals surface area contributed by atoms with E-state index in [-0.39, 0.29) is 11.4 Å². The van der Waals surface area contributed by atoms with Crippen molar-refractivity contribution in [3.8, 4) is 22.3 Å². The Hall–Kier alpha value is -5.16. The van der Waals surface area contributed by atoms with E-state index in [1.165, 1.54) is 12.5 Å². The van der Waals surface area contributed by atoms with Gasteiger partial charge in [-0.1, -0.05) is 24.3 Å². The molecule has 224 valence electrons. The average molecular weight is 597 g/mol. The highest BCUT2D eigenvalue weighted by Gasteiger charge is 2.36. The quantitative estimate of drug-likeness (QED) is 0.144. The third-order valence-electron chi connectivity index (χ3n) is 7.75. The number of aromatic amines is 1. The van der Waals surface area contributed by atoms with Crippen LogP contribution in [0.4, 0.5) is 35.9 Å². The van der Waals surface area contributed by atoms with Crippen molar-refractivity contribution in [2.24, 2.45) is 0 Å². The molecule has 3 aromatic carbocycles. The molecule has 0 amide bonds. The molecule has 6 rings (SSSR count). The molecule has 3 aromatic heterocycles. The molecule has 8 nitrogen and oxygen atoms in total. The Morgan fingerprint density at radius 3 is 2.36 bits per heavy atom. The number of H-pyrrole nitrogens is 1. The molecule has 0 unspecified atom stereocenters. The maximum absolute atomic E-state index is 14.7. The average Bonchev–Trinajstić information content (AvgIpc) is 3.35. The molecule has 0 fully saturated rings. The highest BCUT2D eigenvalue weighted by atomic mass is 19.4. The summed E-state index contributed by atoms with van der Waals surface area (Å²) in [5, 5.41) is 4.95. The molecular formula is C33H31F3N8. The van der Waals surface area contributed by atoms with Crippen LogP contribution in [0.3, 0.4) is 0 Å². The number of alkyl halides is 3. The number of anilines is 4. The van der Waals surface area contributed by atoms with Crippen molar-refractivity contribution in [3.05, 3.63) is 90.1 Å². The van der Waals surface area contributed by atoms with Gasteiger partial charge >= 0.3 is 6.18 Å². The van der Waals surface area contributed by atoms with E-state index in [0.29, 0.717) is 41.0 Å². The van der Waals surface area contributed by atoms with Gasteiger partial charge in [0.2, 0.25) is 0 Å². The maximum atomic E-state index is 14.7. The van der Waals surface area contributed by atoms with Crippen LogP contribution in [0.2, 0.25) is 0 Å². The Morgan fingerprint density at radius 2 is 1.64 bits per heavy atom. The number of pyridine rings is 1. The van der Waals surface area contributed by atoms with Gasteiger partial charge in [-0.05, 0) is 68.9 Å². The van der Waals surface area contributed by atoms with Gasteiger partial charge in [-0.25, -0.2) is 9.97 Å². The summed E-state index contributed by atoms with van der Waals surface area (Å²) in [7, 11) is 3.73. The fourth-order valence-corrected chi connectivity index (χ4v) is 5.46. The lowest BCUT2D eigenvalue weighted by atomic mass is 9.92. The molecule has 0 saturated carbocycles. The van der Waals surface area contributed by atoms with Crippen LogP contribution < -0.4 is 16.8 Å². The van der Waals surface area contributed by atoms with Gasteiger partial charge in [0.05, 0.1) is 23.1 Å². The third kappa shape index (κ3) is 5.49. The number of aryl methyl sites for hydroxylation is 1. The largest absolute Gasteiger partial charge is 0.418 e. The molecule has 6 aromatic rings. The molecule has 3 heterocycles. The second-order valence-electron chi connectivity index (χ2n) is 11.1. The molecular weight excluding hydrogens is 565 g/mol. The molecule has 0 saturated heterocycles. The number of aromatic nitrogens is 4.